The Labute approximate surface area is 106 Å². The average molecular weight is 251 g/mol. The highest BCUT2D eigenvalue weighted by molar-refractivity contribution is 5.92. The summed E-state index contributed by atoms with van der Waals surface area (Å²) < 4.78 is 4.90. The van der Waals surface area contributed by atoms with E-state index in [0.717, 1.165) is 11.1 Å². The Morgan fingerprint density at radius 2 is 2.06 bits per heavy atom. The van der Waals surface area contributed by atoms with Gasteiger partial charge in [-0.2, -0.15) is 0 Å². The molecule has 0 fully saturated rings. The van der Waals surface area contributed by atoms with Crippen LogP contribution in [0.3, 0.4) is 0 Å². The highest BCUT2D eigenvalue weighted by Crippen LogP contribution is 2.17. The predicted octanol–water partition coefficient (Wildman–Crippen LogP) is 1.73. The monoisotopic (exact) mass is 251 g/mol. The van der Waals surface area contributed by atoms with Crippen LogP contribution in [0.5, 0.6) is 0 Å². The van der Waals surface area contributed by atoms with Crippen molar-refractivity contribution in [2.24, 2.45) is 0 Å². The molecule has 0 aliphatic rings. The van der Waals surface area contributed by atoms with Gasteiger partial charge < -0.3 is 15.2 Å². The zero-order valence-corrected chi connectivity index (χ0v) is 10.7. The largest absolute Gasteiger partial charge is 0.479 e. The molecule has 0 saturated carbocycles. The summed E-state index contributed by atoms with van der Waals surface area (Å²) in [5.74, 6) is -1.45. The number of aliphatic carboxylic acids is 1. The second-order valence-electron chi connectivity index (χ2n) is 4.09. The highest BCUT2D eigenvalue weighted by Gasteiger charge is 2.13. The summed E-state index contributed by atoms with van der Waals surface area (Å²) in [6, 6.07) is 5.59. The van der Waals surface area contributed by atoms with Gasteiger partial charge in [-0.05, 0) is 38.0 Å². The van der Waals surface area contributed by atoms with Crippen molar-refractivity contribution in [3.63, 3.8) is 0 Å². The van der Waals surface area contributed by atoms with Crippen LogP contribution in [0.1, 0.15) is 18.1 Å². The van der Waals surface area contributed by atoms with E-state index in [9.17, 15) is 9.59 Å². The Kier molecular flexibility index (Phi) is 4.85. The van der Waals surface area contributed by atoms with E-state index in [-0.39, 0.29) is 12.5 Å². The zero-order valence-electron chi connectivity index (χ0n) is 10.7. The molecule has 1 unspecified atom stereocenters. The molecule has 0 aliphatic heterocycles. The molecule has 0 spiro atoms. The topological polar surface area (TPSA) is 75.6 Å². The molecule has 98 valence electrons. The fourth-order valence-corrected chi connectivity index (χ4v) is 1.34. The number of carbonyl (C=O) groups excluding carboxylic acids is 1. The van der Waals surface area contributed by atoms with Crippen molar-refractivity contribution in [2.45, 2.75) is 26.9 Å². The van der Waals surface area contributed by atoms with E-state index in [2.05, 4.69) is 5.32 Å². The number of hydrogen-bond donors (Lipinski definition) is 2. The molecule has 1 aromatic rings. The summed E-state index contributed by atoms with van der Waals surface area (Å²) in [6.07, 6.45) is -0.991. The van der Waals surface area contributed by atoms with Gasteiger partial charge in [-0.3, -0.25) is 4.79 Å². The summed E-state index contributed by atoms with van der Waals surface area (Å²) in [4.78, 5) is 22.1. The van der Waals surface area contributed by atoms with Crippen LogP contribution in [0, 0.1) is 13.8 Å². The molecule has 5 heteroatoms. The van der Waals surface area contributed by atoms with Gasteiger partial charge >= 0.3 is 5.97 Å². The van der Waals surface area contributed by atoms with Gasteiger partial charge in [0.1, 0.15) is 6.61 Å². The second kappa shape index (κ2) is 6.16. The SMILES string of the molecule is Cc1cccc(NC(=O)COC(C)C(=O)O)c1C. The molecule has 1 aromatic carbocycles. The van der Waals surface area contributed by atoms with Gasteiger partial charge in [-0.1, -0.05) is 12.1 Å². The maximum atomic E-state index is 11.6. The number of hydrogen-bond acceptors (Lipinski definition) is 3. The molecule has 1 atom stereocenters. The van der Waals surface area contributed by atoms with Crippen LogP contribution in [-0.2, 0) is 14.3 Å². The van der Waals surface area contributed by atoms with Crippen LogP contribution in [0.4, 0.5) is 5.69 Å². The van der Waals surface area contributed by atoms with Crippen molar-refractivity contribution in [1.82, 2.24) is 0 Å². The lowest BCUT2D eigenvalue weighted by molar-refractivity contribution is -0.150. The fourth-order valence-electron chi connectivity index (χ4n) is 1.34. The van der Waals surface area contributed by atoms with Crippen LogP contribution >= 0.6 is 0 Å². The molecule has 0 bridgehead atoms. The van der Waals surface area contributed by atoms with Crippen LogP contribution in [-0.4, -0.2) is 29.7 Å². The maximum Gasteiger partial charge on any atom is 0.332 e. The number of anilines is 1. The van der Waals surface area contributed by atoms with Gasteiger partial charge in [-0.25, -0.2) is 4.79 Å². The van der Waals surface area contributed by atoms with Crippen molar-refractivity contribution >= 4 is 17.6 Å². The van der Waals surface area contributed by atoms with Gasteiger partial charge in [0.25, 0.3) is 0 Å². The summed E-state index contributed by atoms with van der Waals surface area (Å²) in [6.45, 7) is 4.97. The molecule has 2 N–H and O–H groups in total. The standard InChI is InChI=1S/C13H17NO4/c1-8-5-4-6-11(9(8)2)14-12(15)7-18-10(3)13(16)17/h4-6,10H,7H2,1-3H3,(H,14,15)(H,16,17). The molecule has 5 nitrogen and oxygen atoms in total. The molecule has 0 aliphatic carbocycles. The molecular formula is C13H17NO4. The molecule has 0 aromatic heterocycles. The molecule has 18 heavy (non-hydrogen) atoms. The zero-order chi connectivity index (χ0) is 13.7. The molecule has 0 heterocycles. The Morgan fingerprint density at radius 1 is 1.39 bits per heavy atom. The third-order valence-electron chi connectivity index (χ3n) is 2.69. The van der Waals surface area contributed by atoms with Gasteiger partial charge in [-0.15, -0.1) is 0 Å². The number of carboxylic acids is 1. The Balaban J connectivity index is 2.55. The van der Waals surface area contributed by atoms with Crippen LogP contribution in [0.2, 0.25) is 0 Å². The van der Waals surface area contributed by atoms with Crippen LogP contribution in [0.15, 0.2) is 18.2 Å². The Bertz CT molecular complexity index is 456. The van der Waals surface area contributed by atoms with E-state index in [1.165, 1.54) is 6.92 Å². The van der Waals surface area contributed by atoms with Gasteiger partial charge in [0.2, 0.25) is 5.91 Å². The first-order chi connectivity index (χ1) is 8.41. The number of carboxylic acid groups (broad SMARTS) is 1. The van der Waals surface area contributed by atoms with E-state index in [1.54, 1.807) is 6.07 Å². The number of amides is 1. The van der Waals surface area contributed by atoms with E-state index in [4.69, 9.17) is 9.84 Å². The number of rotatable bonds is 5. The predicted molar refractivity (Wildman–Crippen MR) is 67.6 cm³/mol. The van der Waals surface area contributed by atoms with E-state index < -0.39 is 12.1 Å². The molecule has 1 amide bonds. The van der Waals surface area contributed by atoms with Crippen molar-refractivity contribution < 1.29 is 19.4 Å². The van der Waals surface area contributed by atoms with E-state index in [0.29, 0.717) is 5.69 Å². The third-order valence-corrected chi connectivity index (χ3v) is 2.69. The van der Waals surface area contributed by atoms with Crippen LogP contribution in [0.25, 0.3) is 0 Å². The Hall–Kier alpha value is -1.88. The Morgan fingerprint density at radius 3 is 2.67 bits per heavy atom. The highest BCUT2D eigenvalue weighted by atomic mass is 16.5. The summed E-state index contributed by atoms with van der Waals surface area (Å²) in [5, 5.41) is 11.3. The number of nitrogens with one attached hydrogen (secondary N) is 1. The molecule has 0 radical (unpaired) electrons. The fraction of sp³-hybridized carbons (Fsp3) is 0.385. The van der Waals surface area contributed by atoms with Gasteiger partial charge in [0.05, 0.1) is 0 Å². The average Bonchev–Trinajstić information content (AvgIpc) is 2.32. The van der Waals surface area contributed by atoms with Crippen molar-refractivity contribution in [2.75, 3.05) is 11.9 Å². The second-order valence-corrected chi connectivity index (χ2v) is 4.09. The van der Waals surface area contributed by atoms with Gasteiger partial charge in [0.15, 0.2) is 6.10 Å². The van der Waals surface area contributed by atoms with E-state index in [1.807, 2.05) is 26.0 Å². The number of aryl methyl sites for hydroxylation is 1. The first-order valence-corrected chi connectivity index (χ1v) is 5.62. The summed E-state index contributed by atoms with van der Waals surface area (Å²) in [7, 11) is 0. The number of ether oxygens (including phenoxy) is 1. The minimum atomic E-state index is -1.09. The first-order valence-electron chi connectivity index (χ1n) is 5.62. The first kappa shape index (κ1) is 14.2. The minimum absolute atomic E-state index is 0.277. The van der Waals surface area contributed by atoms with Crippen molar-refractivity contribution in [1.29, 1.82) is 0 Å². The smallest absolute Gasteiger partial charge is 0.332 e. The van der Waals surface area contributed by atoms with Crippen molar-refractivity contribution in [3.8, 4) is 0 Å². The summed E-state index contributed by atoms with van der Waals surface area (Å²) >= 11 is 0. The lowest BCUT2D eigenvalue weighted by Crippen LogP contribution is -2.26. The normalized spacial score (nSPS) is 11.9. The van der Waals surface area contributed by atoms with Crippen LogP contribution < -0.4 is 5.32 Å². The molecule has 1 rings (SSSR count). The molecular weight excluding hydrogens is 234 g/mol. The summed E-state index contributed by atoms with van der Waals surface area (Å²) in [5.41, 5.74) is 2.77. The van der Waals surface area contributed by atoms with Gasteiger partial charge in [0, 0.05) is 5.69 Å². The molecule has 0 saturated heterocycles. The quantitative estimate of drug-likeness (QED) is 0.835. The van der Waals surface area contributed by atoms with Crippen molar-refractivity contribution in [3.05, 3.63) is 29.3 Å². The number of benzene rings is 1. The third kappa shape index (κ3) is 3.85. The van der Waals surface area contributed by atoms with E-state index >= 15 is 0 Å². The minimum Gasteiger partial charge on any atom is -0.479 e. The lowest BCUT2D eigenvalue weighted by atomic mass is 10.1. The number of carbonyl (C=O) groups is 2. The lowest BCUT2D eigenvalue weighted by Gasteiger charge is -2.11. The maximum absolute atomic E-state index is 11.6.